The van der Waals surface area contributed by atoms with Crippen molar-refractivity contribution in [3.8, 4) is 0 Å². The minimum Gasteiger partial charge on any atom is -0.389 e. The van der Waals surface area contributed by atoms with Gasteiger partial charge in [-0.3, -0.25) is 14.6 Å². The molecule has 4 aliphatic rings. The standard InChI is InChI=1S/C33H45FN8O3/c1-21-14-39(26(13-35-21)15-38-9-10-45-19-22(38)2)18-29(44)41-20-33(3,4)30-28(41)12-24(11-23-5-7-25(34)8-6-23)31-36-32(37-42(30)31)40-16-27(43)17-40/h5-8,12,21-22,26-27,35,43H,9-11,13-20H2,1-4H3/t21-,22-,26-/m1/s1. The summed E-state index contributed by atoms with van der Waals surface area (Å²) in [6, 6.07) is 9.49. The number of carbonyl (C=O) groups is 1. The van der Waals surface area contributed by atoms with Gasteiger partial charge >= 0.3 is 0 Å². The lowest BCUT2D eigenvalue weighted by Gasteiger charge is -2.43. The fourth-order valence-corrected chi connectivity index (χ4v) is 7.36. The highest BCUT2D eigenvalue weighted by molar-refractivity contribution is 5.98. The van der Waals surface area contributed by atoms with E-state index in [4.69, 9.17) is 14.8 Å². The van der Waals surface area contributed by atoms with Gasteiger partial charge in [0.25, 0.3) is 0 Å². The first-order valence-corrected chi connectivity index (χ1v) is 16.3. The summed E-state index contributed by atoms with van der Waals surface area (Å²) >= 11 is 0. The number of amides is 1. The van der Waals surface area contributed by atoms with Crippen LogP contribution in [0.25, 0.3) is 5.65 Å². The van der Waals surface area contributed by atoms with Gasteiger partial charge in [-0.1, -0.05) is 26.0 Å². The van der Waals surface area contributed by atoms with E-state index in [9.17, 15) is 14.3 Å². The molecule has 3 saturated heterocycles. The van der Waals surface area contributed by atoms with Crippen LogP contribution in [0.4, 0.5) is 16.0 Å². The molecule has 0 bridgehead atoms. The van der Waals surface area contributed by atoms with Crippen LogP contribution in [0.15, 0.2) is 30.3 Å². The maximum Gasteiger partial charge on any atom is 0.245 e. The van der Waals surface area contributed by atoms with Crippen molar-refractivity contribution in [3.05, 3.63) is 53.0 Å². The predicted molar refractivity (Wildman–Crippen MR) is 170 cm³/mol. The third-order valence-electron chi connectivity index (χ3n) is 9.90. The van der Waals surface area contributed by atoms with Crippen LogP contribution in [0, 0.1) is 5.82 Å². The molecule has 3 atom stereocenters. The Balaban J connectivity index is 1.21. The van der Waals surface area contributed by atoms with Crippen LogP contribution in [0.1, 0.15) is 44.5 Å². The lowest BCUT2D eigenvalue weighted by Crippen LogP contribution is -2.62. The Morgan fingerprint density at radius 1 is 1.16 bits per heavy atom. The molecule has 11 nitrogen and oxygen atoms in total. The molecule has 3 fully saturated rings. The van der Waals surface area contributed by atoms with Gasteiger partial charge in [0.1, 0.15) is 5.82 Å². The molecule has 4 aliphatic heterocycles. The number of nitrogens with one attached hydrogen (secondary N) is 1. The number of fused-ring (bicyclic) bond motifs is 3. The number of hydrogen-bond donors (Lipinski definition) is 2. The Bertz CT molecular complexity index is 1560. The molecule has 1 aromatic carbocycles. The second-order valence-electron chi connectivity index (χ2n) is 14.1. The summed E-state index contributed by atoms with van der Waals surface area (Å²) in [5, 5.41) is 18.5. The van der Waals surface area contributed by atoms with Crippen LogP contribution >= 0.6 is 0 Å². The smallest absolute Gasteiger partial charge is 0.245 e. The van der Waals surface area contributed by atoms with Crippen molar-refractivity contribution in [2.45, 2.75) is 63.8 Å². The molecule has 0 spiro atoms. The van der Waals surface area contributed by atoms with Gasteiger partial charge in [0.05, 0.1) is 37.2 Å². The Labute approximate surface area is 263 Å². The molecule has 1 amide bonds. The van der Waals surface area contributed by atoms with Gasteiger partial charge in [0, 0.05) is 81.3 Å². The average Bonchev–Trinajstić information content (AvgIpc) is 3.53. The van der Waals surface area contributed by atoms with Crippen LogP contribution in [0.5, 0.6) is 0 Å². The van der Waals surface area contributed by atoms with Gasteiger partial charge in [0.15, 0.2) is 5.65 Å². The molecule has 0 unspecified atom stereocenters. The molecule has 242 valence electrons. The summed E-state index contributed by atoms with van der Waals surface area (Å²) in [7, 11) is 0. The Hall–Kier alpha value is -3.16. The zero-order chi connectivity index (χ0) is 31.5. The van der Waals surface area contributed by atoms with Crippen LogP contribution in [-0.4, -0.2) is 125 Å². The second kappa shape index (κ2) is 11.9. The van der Waals surface area contributed by atoms with E-state index < -0.39 is 0 Å². The Morgan fingerprint density at radius 3 is 2.67 bits per heavy atom. The number of halogens is 1. The van der Waals surface area contributed by atoms with Crippen LogP contribution in [-0.2, 0) is 21.4 Å². The van der Waals surface area contributed by atoms with E-state index in [0.717, 1.165) is 67.5 Å². The van der Waals surface area contributed by atoms with E-state index in [1.807, 2.05) is 14.3 Å². The van der Waals surface area contributed by atoms with Crippen molar-refractivity contribution in [1.29, 1.82) is 0 Å². The van der Waals surface area contributed by atoms with E-state index in [-0.39, 0.29) is 29.3 Å². The van der Waals surface area contributed by atoms with Crippen molar-refractivity contribution in [3.63, 3.8) is 0 Å². The summed E-state index contributed by atoms with van der Waals surface area (Å²) in [5.41, 5.74) is 4.05. The SMILES string of the molecule is C[C@@H]1CN(CC(=O)N2CC(C)(C)c3c2cc(Cc2ccc(F)cc2)c2nc(N4CC(O)C4)nn32)[C@@H](CN2CCOC[C@H]2C)CN1. The highest BCUT2D eigenvalue weighted by atomic mass is 19.1. The fourth-order valence-electron chi connectivity index (χ4n) is 7.36. The zero-order valence-corrected chi connectivity index (χ0v) is 26.7. The fraction of sp³-hybridized carbons (Fsp3) is 0.606. The first-order valence-electron chi connectivity index (χ1n) is 16.3. The molecule has 2 N–H and O–H groups in total. The number of morpholine rings is 1. The molecule has 0 aliphatic carbocycles. The average molecular weight is 621 g/mol. The number of anilines is 2. The molecule has 12 heteroatoms. The van der Waals surface area contributed by atoms with E-state index in [2.05, 4.69) is 48.9 Å². The zero-order valence-electron chi connectivity index (χ0n) is 26.7. The lowest BCUT2D eigenvalue weighted by molar-refractivity contribution is -0.121. The largest absolute Gasteiger partial charge is 0.389 e. The van der Waals surface area contributed by atoms with Gasteiger partial charge < -0.3 is 25.0 Å². The second-order valence-corrected chi connectivity index (χ2v) is 14.1. The van der Waals surface area contributed by atoms with Crippen LogP contribution in [0.2, 0.25) is 0 Å². The number of nitrogens with zero attached hydrogens (tertiary/aromatic N) is 7. The number of carbonyl (C=O) groups excluding carboxylic acids is 1. The molecule has 0 radical (unpaired) electrons. The summed E-state index contributed by atoms with van der Waals surface area (Å²) in [6.07, 6.45) is 0.142. The van der Waals surface area contributed by atoms with Gasteiger partial charge in [-0.25, -0.2) is 8.91 Å². The van der Waals surface area contributed by atoms with Crippen molar-refractivity contribution in [2.75, 3.05) is 75.4 Å². The number of β-amino-alcohol motifs (C(OH)–C–C–N with tert-alkyl or cyclic N) is 1. The maximum absolute atomic E-state index is 14.3. The van der Waals surface area contributed by atoms with Crippen molar-refractivity contribution >= 4 is 23.2 Å². The third-order valence-corrected chi connectivity index (χ3v) is 9.90. The molecule has 45 heavy (non-hydrogen) atoms. The molecule has 3 aromatic rings. The number of aliphatic hydroxyl groups excluding tert-OH is 1. The lowest BCUT2D eigenvalue weighted by atomic mass is 9.90. The number of piperazine rings is 1. The molecule has 0 saturated carbocycles. The van der Waals surface area contributed by atoms with Crippen molar-refractivity contribution in [1.82, 2.24) is 29.7 Å². The first-order chi connectivity index (χ1) is 21.6. The summed E-state index contributed by atoms with van der Waals surface area (Å²) in [4.78, 5) is 28.0. The Kier molecular flexibility index (Phi) is 8.06. The molecular weight excluding hydrogens is 575 g/mol. The van der Waals surface area contributed by atoms with Gasteiger partial charge in [-0.2, -0.15) is 4.98 Å². The molecule has 6 heterocycles. The number of aromatic nitrogens is 3. The molecule has 2 aromatic heterocycles. The van der Waals surface area contributed by atoms with Crippen LogP contribution < -0.4 is 15.1 Å². The minimum atomic E-state index is -0.381. The van der Waals surface area contributed by atoms with Gasteiger partial charge in [0.2, 0.25) is 11.9 Å². The normalized spacial score (nSPS) is 26.0. The first kappa shape index (κ1) is 30.5. The van der Waals surface area contributed by atoms with E-state index in [1.165, 1.54) is 12.1 Å². The number of aliphatic hydroxyl groups is 1. The predicted octanol–water partition coefficient (Wildman–Crippen LogP) is 1.65. The Morgan fingerprint density at radius 2 is 1.93 bits per heavy atom. The highest BCUT2D eigenvalue weighted by Gasteiger charge is 2.43. The monoisotopic (exact) mass is 620 g/mol. The van der Waals surface area contributed by atoms with Gasteiger partial charge in [-0.15, -0.1) is 5.10 Å². The van der Waals surface area contributed by atoms with E-state index in [0.29, 0.717) is 50.6 Å². The van der Waals surface area contributed by atoms with Gasteiger partial charge in [-0.05, 0) is 37.6 Å². The maximum atomic E-state index is 14.3. The number of ether oxygens (including phenoxy) is 1. The summed E-state index contributed by atoms with van der Waals surface area (Å²) < 4.78 is 21.3. The van der Waals surface area contributed by atoms with Crippen LogP contribution in [0.3, 0.4) is 0 Å². The van der Waals surface area contributed by atoms with Crippen molar-refractivity contribution in [2.24, 2.45) is 0 Å². The number of benzene rings is 1. The topological polar surface area (TPSA) is 102 Å². The third kappa shape index (κ3) is 5.94. The highest BCUT2D eigenvalue weighted by Crippen LogP contribution is 2.42. The molecule has 7 rings (SSSR count). The van der Waals surface area contributed by atoms with Crippen molar-refractivity contribution < 1.29 is 19.0 Å². The number of rotatable bonds is 7. The summed E-state index contributed by atoms with van der Waals surface area (Å²) in [5.74, 6) is 0.375. The minimum absolute atomic E-state index is 0.0780. The quantitative estimate of drug-likeness (QED) is 0.409. The summed E-state index contributed by atoms with van der Waals surface area (Å²) in [6.45, 7) is 15.5. The van der Waals surface area contributed by atoms with E-state index in [1.54, 1.807) is 12.1 Å². The number of pyridine rings is 1. The van der Waals surface area contributed by atoms with E-state index >= 15 is 0 Å². The molecular formula is C33H45FN8O3. The number of hydrogen-bond acceptors (Lipinski definition) is 9.